The molecule has 0 amide bonds. The average Bonchev–Trinajstić information content (AvgIpc) is 2.22. The summed E-state index contributed by atoms with van der Waals surface area (Å²) in [5.41, 5.74) is 0.558. The molecule has 0 aromatic rings. The molecule has 4 heteroatoms. The number of aliphatic hydroxyl groups is 1. The number of hydrogen-bond donors (Lipinski definition) is 1. The van der Waals surface area contributed by atoms with Crippen molar-refractivity contribution in [2.24, 2.45) is 0 Å². The molecule has 1 rings (SSSR count). The van der Waals surface area contributed by atoms with Gasteiger partial charge in [-0.2, -0.15) is 5.26 Å². The van der Waals surface area contributed by atoms with E-state index >= 15 is 0 Å². The van der Waals surface area contributed by atoms with Gasteiger partial charge in [0.25, 0.3) is 0 Å². The van der Waals surface area contributed by atoms with Crippen LogP contribution in [0, 0.1) is 17.8 Å². The minimum absolute atomic E-state index is 0.558. The van der Waals surface area contributed by atoms with Crippen LogP contribution < -0.4 is 0 Å². The fourth-order valence-corrected chi connectivity index (χ4v) is 1.67. The second kappa shape index (κ2) is 4.56. The molecular formula is C10H14NO3. The molecule has 0 spiro atoms. The van der Waals surface area contributed by atoms with Crippen molar-refractivity contribution < 1.29 is 14.6 Å². The number of aliphatic hydroxyl groups excluding tert-OH is 1. The van der Waals surface area contributed by atoms with Crippen molar-refractivity contribution in [3.05, 3.63) is 18.1 Å². The van der Waals surface area contributed by atoms with Gasteiger partial charge in [0.1, 0.15) is 6.10 Å². The monoisotopic (exact) mass is 196 g/mol. The molecule has 1 N–H and O–H groups in total. The highest BCUT2D eigenvalue weighted by molar-refractivity contribution is 5.29. The van der Waals surface area contributed by atoms with E-state index in [2.05, 4.69) is 0 Å². The zero-order valence-electron chi connectivity index (χ0n) is 8.36. The van der Waals surface area contributed by atoms with Crippen LogP contribution in [0.25, 0.3) is 0 Å². The Bertz CT molecular complexity index is 263. The first-order chi connectivity index (χ1) is 6.70. The minimum atomic E-state index is -1.00. The lowest BCUT2D eigenvalue weighted by molar-refractivity contribution is -0.257. The van der Waals surface area contributed by atoms with Gasteiger partial charge in [0, 0.05) is 26.7 Å². The molecule has 0 heterocycles. The summed E-state index contributed by atoms with van der Waals surface area (Å²) in [5.74, 6) is -1.00. The molecule has 1 aliphatic carbocycles. The minimum Gasteiger partial charge on any atom is -0.383 e. The lowest BCUT2D eigenvalue weighted by Gasteiger charge is -2.39. The summed E-state index contributed by atoms with van der Waals surface area (Å²) < 4.78 is 10.3. The number of ether oxygens (including phenoxy) is 2. The van der Waals surface area contributed by atoms with E-state index in [0.29, 0.717) is 12.0 Å². The lowest BCUT2D eigenvalue weighted by atomic mass is 9.86. The summed E-state index contributed by atoms with van der Waals surface area (Å²) >= 11 is 0. The van der Waals surface area contributed by atoms with Crippen LogP contribution in [0.2, 0.25) is 0 Å². The van der Waals surface area contributed by atoms with Gasteiger partial charge in [-0.05, 0) is 18.4 Å². The number of hydrogen-bond acceptors (Lipinski definition) is 4. The third-order valence-electron chi connectivity index (χ3n) is 2.53. The molecule has 14 heavy (non-hydrogen) atoms. The van der Waals surface area contributed by atoms with E-state index in [1.807, 2.05) is 12.5 Å². The molecule has 1 saturated carbocycles. The number of allylic oxidation sites excluding steroid dienone is 1. The molecule has 1 atom stereocenters. The van der Waals surface area contributed by atoms with Crippen LogP contribution >= 0.6 is 0 Å². The first-order valence-electron chi connectivity index (χ1n) is 4.41. The summed E-state index contributed by atoms with van der Waals surface area (Å²) in [4.78, 5) is 0. The Balaban J connectivity index is 2.90. The van der Waals surface area contributed by atoms with Gasteiger partial charge in [-0.3, -0.25) is 0 Å². The second-order valence-electron chi connectivity index (χ2n) is 3.14. The normalized spacial score (nSPS) is 28.7. The van der Waals surface area contributed by atoms with Crippen LogP contribution in [-0.2, 0) is 9.47 Å². The molecule has 4 nitrogen and oxygen atoms in total. The highest BCUT2D eigenvalue weighted by Crippen LogP contribution is 2.34. The zero-order valence-corrected chi connectivity index (χ0v) is 8.36. The Morgan fingerprint density at radius 2 is 2.29 bits per heavy atom. The van der Waals surface area contributed by atoms with Crippen LogP contribution in [0.1, 0.15) is 12.8 Å². The van der Waals surface area contributed by atoms with E-state index in [4.69, 9.17) is 14.7 Å². The first-order valence-corrected chi connectivity index (χ1v) is 4.41. The second-order valence-corrected chi connectivity index (χ2v) is 3.14. The van der Waals surface area contributed by atoms with Gasteiger partial charge in [0.2, 0.25) is 0 Å². The fraction of sp³-hybridized carbons (Fsp3) is 0.600. The van der Waals surface area contributed by atoms with Gasteiger partial charge in [-0.15, -0.1) is 0 Å². The van der Waals surface area contributed by atoms with Crippen molar-refractivity contribution in [3.63, 3.8) is 0 Å². The first kappa shape index (κ1) is 11.2. The molecule has 0 bridgehead atoms. The molecular weight excluding hydrogens is 182 g/mol. The largest absolute Gasteiger partial charge is 0.383 e. The summed E-state index contributed by atoms with van der Waals surface area (Å²) in [6.45, 7) is 0. The highest BCUT2D eigenvalue weighted by atomic mass is 16.7. The zero-order chi connectivity index (χ0) is 10.6. The van der Waals surface area contributed by atoms with Crippen molar-refractivity contribution in [1.82, 2.24) is 0 Å². The van der Waals surface area contributed by atoms with Crippen LogP contribution in [0.3, 0.4) is 0 Å². The summed E-state index contributed by atoms with van der Waals surface area (Å²) in [6, 6.07) is 1.89. The molecule has 1 radical (unpaired) electrons. The van der Waals surface area contributed by atoms with E-state index in [9.17, 15) is 5.11 Å². The van der Waals surface area contributed by atoms with E-state index in [1.165, 1.54) is 20.3 Å². The van der Waals surface area contributed by atoms with Gasteiger partial charge in [0.05, 0.1) is 6.07 Å². The smallest absolute Gasteiger partial charge is 0.197 e. The van der Waals surface area contributed by atoms with Gasteiger partial charge >= 0.3 is 0 Å². The van der Waals surface area contributed by atoms with Crippen LogP contribution in [-0.4, -0.2) is 31.2 Å². The van der Waals surface area contributed by atoms with Crippen molar-refractivity contribution in [3.8, 4) is 6.07 Å². The lowest BCUT2D eigenvalue weighted by Crippen LogP contribution is -2.49. The van der Waals surface area contributed by atoms with Gasteiger partial charge in [0.15, 0.2) is 5.79 Å². The molecule has 0 aromatic heterocycles. The molecule has 0 aliphatic heterocycles. The maximum absolute atomic E-state index is 9.91. The summed E-state index contributed by atoms with van der Waals surface area (Å²) in [6.07, 6.45) is 3.56. The predicted molar refractivity (Wildman–Crippen MR) is 50.0 cm³/mol. The molecule has 1 unspecified atom stereocenters. The van der Waals surface area contributed by atoms with Crippen LogP contribution in [0.4, 0.5) is 0 Å². The van der Waals surface area contributed by atoms with Gasteiger partial charge in [-0.1, -0.05) is 0 Å². The van der Waals surface area contributed by atoms with Crippen LogP contribution in [0.15, 0.2) is 11.6 Å². The van der Waals surface area contributed by atoms with E-state index in [-0.39, 0.29) is 0 Å². The molecule has 0 aromatic carbocycles. The maximum atomic E-state index is 9.91. The highest BCUT2D eigenvalue weighted by Gasteiger charge is 2.43. The number of rotatable bonds is 2. The van der Waals surface area contributed by atoms with Crippen molar-refractivity contribution in [2.75, 3.05) is 14.2 Å². The topological polar surface area (TPSA) is 62.5 Å². The number of nitrogens with zero attached hydrogens (tertiary/aromatic N) is 1. The SMILES string of the molecule is COC1(OC)CC[CH]C(=CC#N)C1O. The summed E-state index contributed by atoms with van der Waals surface area (Å²) in [5, 5.41) is 18.4. The van der Waals surface area contributed by atoms with E-state index < -0.39 is 11.9 Å². The van der Waals surface area contributed by atoms with E-state index in [0.717, 1.165) is 6.42 Å². The third kappa shape index (κ3) is 1.80. The molecule has 0 saturated heterocycles. The maximum Gasteiger partial charge on any atom is 0.197 e. The molecule has 77 valence electrons. The Morgan fingerprint density at radius 1 is 1.64 bits per heavy atom. The van der Waals surface area contributed by atoms with Crippen molar-refractivity contribution in [2.45, 2.75) is 24.7 Å². The molecule has 1 aliphatic rings. The van der Waals surface area contributed by atoms with Gasteiger partial charge < -0.3 is 14.6 Å². The fourth-order valence-electron chi connectivity index (χ4n) is 1.67. The Kier molecular flexibility index (Phi) is 3.64. The quantitative estimate of drug-likeness (QED) is 0.523. The van der Waals surface area contributed by atoms with Crippen molar-refractivity contribution in [1.29, 1.82) is 5.26 Å². The average molecular weight is 196 g/mol. The predicted octanol–water partition coefficient (Wildman–Crippen LogP) is 0.784. The van der Waals surface area contributed by atoms with Crippen molar-refractivity contribution >= 4 is 0 Å². The van der Waals surface area contributed by atoms with Gasteiger partial charge in [-0.25, -0.2) is 0 Å². The molecule has 1 fully saturated rings. The standard InChI is InChI=1S/C10H14NO3/c1-13-10(14-2)6-3-4-8(5-7-11)9(10)12/h4-5,9,12H,3,6H2,1-2H3. The third-order valence-corrected chi connectivity index (χ3v) is 2.53. The Labute approximate surface area is 83.7 Å². The summed E-state index contributed by atoms with van der Waals surface area (Å²) in [7, 11) is 2.98. The number of methoxy groups -OCH3 is 2. The Morgan fingerprint density at radius 3 is 2.79 bits per heavy atom. The van der Waals surface area contributed by atoms with E-state index in [1.54, 1.807) is 0 Å². The Hall–Kier alpha value is -0.890. The van der Waals surface area contributed by atoms with Crippen LogP contribution in [0.5, 0.6) is 0 Å². The number of nitriles is 1.